The van der Waals surface area contributed by atoms with Crippen molar-refractivity contribution in [2.45, 2.75) is 6.42 Å². The zero-order valence-corrected chi connectivity index (χ0v) is 11.5. The molecule has 6 nitrogen and oxygen atoms in total. The zero-order chi connectivity index (χ0) is 13.7. The molecule has 1 heterocycles. The van der Waals surface area contributed by atoms with Crippen LogP contribution in [0.3, 0.4) is 0 Å². The number of rotatable bonds is 6. The minimum absolute atomic E-state index is 0.0591. The second-order valence-electron chi connectivity index (χ2n) is 3.68. The number of nitrogens with one attached hydrogen (secondary N) is 1. The van der Waals surface area contributed by atoms with Crippen LogP contribution in [0.4, 0.5) is 5.69 Å². The molecule has 0 aliphatic rings. The summed E-state index contributed by atoms with van der Waals surface area (Å²) >= 11 is 2.39. The molecule has 100 valence electrons. The van der Waals surface area contributed by atoms with Crippen molar-refractivity contribution >= 4 is 52.1 Å². The molecule has 2 rings (SSSR count). The number of amides is 1. The third-order valence-electron chi connectivity index (χ3n) is 2.25. The molecule has 1 aromatic heterocycles. The van der Waals surface area contributed by atoms with Gasteiger partial charge in [-0.15, -0.1) is 0 Å². The van der Waals surface area contributed by atoms with Gasteiger partial charge in [-0.25, -0.2) is 0 Å². The number of carbonyl (C=O) groups excluding carboxylic acids is 1. The Morgan fingerprint density at radius 2 is 2.21 bits per heavy atom. The van der Waals surface area contributed by atoms with Gasteiger partial charge in [-0.1, -0.05) is 6.07 Å². The predicted molar refractivity (Wildman–Crippen MR) is 75.6 cm³/mol. The number of nitrogens with zero attached hydrogens (tertiary/aromatic N) is 2. The van der Waals surface area contributed by atoms with Gasteiger partial charge < -0.3 is 10.4 Å². The first-order valence-electron chi connectivity index (χ1n) is 5.47. The smallest absolute Gasteiger partial charge is 0.304 e. The topological polar surface area (TPSA) is 92.2 Å². The molecule has 0 radical (unpaired) electrons. The summed E-state index contributed by atoms with van der Waals surface area (Å²) in [5, 5.41) is 11.2. The SMILES string of the molecule is O=C(O)CCSCC(=O)Nc1cccc2nsnc12. The molecule has 0 bridgehead atoms. The van der Waals surface area contributed by atoms with Crippen molar-refractivity contribution in [2.24, 2.45) is 0 Å². The fourth-order valence-electron chi connectivity index (χ4n) is 1.42. The molecule has 0 fully saturated rings. The fraction of sp³-hybridized carbons (Fsp3) is 0.273. The van der Waals surface area contributed by atoms with E-state index >= 15 is 0 Å². The maximum Gasteiger partial charge on any atom is 0.304 e. The average molecular weight is 297 g/mol. The van der Waals surface area contributed by atoms with Crippen molar-refractivity contribution in [1.82, 2.24) is 8.75 Å². The van der Waals surface area contributed by atoms with E-state index in [1.54, 1.807) is 12.1 Å². The molecule has 2 aromatic rings. The van der Waals surface area contributed by atoms with Crippen molar-refractivity contribution in [3.8, 4) is 0 Å². The summed E-state index contributed by atoms with van der Waals surface area (Å²) in [6.45, 7) is 0. The summed E-state index contributed by atoms with van der Waals surface area (Å²) in [6.07, 6.45) is 0.0591. The summed E-state index contributed by atoms with van der Waals surface area (Å²) in [7, 11) is 0. The number of anilines is 1. The molecular weight excluding hydrogens is 286 g/mol. The Morgan fingerprint density at radius 1 is 1.37 bits per heavy atom. The molecule has 1 amide bonds. The van der Waals surface area contributed by atoms with Crippen molar-refractivity contribution in [3.63, 3.8) is 0 Å². The lowest BCUT2D eigenvalue weighted by Gasteiger charge is -2.04. The Balaban J connectivity index is 1.88. The Kier molecular flexibility index (Phi) is 4.69. The number of carbonyl (C=O) groups is 2. The standard InChI is InChI=1S/C11H11N3O3S2/c15-9(6-18-5-4-10(16)17)12-7-2-1-3-8-11(7)14-19-13-8/h1-3H,4-6H2,(H,12,15)(H,16,17). The van der Waals surface area contributed by atoms with E-state index in [0.717, 1.165) is 17.2 Å². The van der Waals surface area contributed by atoms with Crippen molar-refractivity contribution in [1.29, 1.82) is 0 Å². The van der Waals surface area contributed by atoms with Gasteiger partial charge in [0.05, 0.1) is 29.6 Å². The second kappa shape index (κ2) is 6.48. The van der Waals surface area contributed by atoms with Crippen LogP contribution in [-0.4, -0.2) is 37.2 Å². The van der Waals surface area contributed by atoms with Gasteiger partial charge in [0.25, 0.3) is 0 Å². The molecule has 0 spiro atoms. The summed E-state index contributed by atoms with van der Waals surface area (Å²) in [4.78, 5) is 22.0. The van der Waals surface area contributed by atoms with Crippen LogP contribution in [0.5, 0.6) is 0 Å². The van der Waals surface area contributed by atoms with Crippen LogP contribution in [0, 0.1) is 0 Å². The lowest BCUT2D eigenvalue weighted by Crippen LogP contribution is -2.15. The lowest BCUT2D eigenvalue weighted by atomic mass is 10.2. The first-order valence-corrected chi connectivity index (χ1v) is 7.36. The number of carboxylic acids is 1. The van der Waals surface area contributed by atoms with Crippen LogP contribution in [0.2, 0.25) is 0 Å². The van der Waals surface area contributed by atoms with Crippen LogP contribution in [0.1, 0.15) is 6.42 Å². The van der Waals surface area contributed by atoms with Crippen LogP contribution in [0.25, 0.3) is 11.0 Å². The van der Waals surface area contributed by atoms with Gasteiger partial charge in [0.1, 0.15) is 11.0 Å². The number of hydrogen-bond acceptors (Lipinski definition) is 6. The molecule has 8 heteroatoms. The first kappa shape index (κ1) is 13.8. The lowest BCUT2D eigenvalue weighted by molar-refractivity contribution is -0.136. The second-order valence-corrected chi connectivity index (χ2v) is 5.32. The predicted octanol–water partition coefficient (Wildman–Crippen LogP) is 1.84. The van der Waals surface area contributed by atoms with Crippen molar-refractivity contribution in [2.75, 3.05) is 16.8 Å². The maximum absolute atomic E-state index is 11.7. The molecule has 0 aliphatic carbocycles. The number of thioether (sulfide) groups is 1. The largest absolute Gasteiger partial charge is 0.481 e. The molecule has 0 saturated heterocycles. The third kappa shape index (κ3) is 3.90. The third-order valence-corrected chi connectivity index (χ3v) is 3.76. The van der Waals surface area contributed by atoms with Crippen LogP contribution in [-0.2, 0) is 9.59 Å². The highest BCUT2D eigenvalue weighted by Crippen LogP contribution is 2.21. The summed E-state index contributed by atoms with van der Waals surface area (Å²) < 4.78 is 8.21. The van der Waals surface area contributed by atoms with E-state index < -0.39 is 5.97 Å². The van der Waals surface area contributed by atoms with E-state index in [-0.39, 0.29) is 18.1 Å². The fourth-order valence-corrected chi connectivity index (χ4v) is 2.69. The minimum atomic E-state index is -0.855. The van der Waals surface area contributed by atoms with E-state index in [0.29, 0.717) is 17.0 Å². The summed E-state index contributed by atoms with van der Waals surface area (Å²) in [6, 6.07) is 5.40. The van der Waals surface area contributed by atoms with Gasteiger partial charge in [0, 0.05) is 5.75 Å². The van der Waals surface area contributed by atoms with E-state index in [1.165, 1.54) is 11.8 Å². The number of hydrogen-bond donors (Lipinski definition) is 2. The summed E-state index contributed by atoms with van der Waals surface area (Å²) in [5.74, 6) is -0.381. The Labute approximate surface area is 117 Å². The molecular formula is C11H11N3O3S2. The Morgan fingerprint density at radius 3 is 3.00 bits per heavy atom. The highest BCUT2D eigenvalue weighted by atomic mass is 32.2. The zero-order valence-electron chi connectivity index (χ0n) is 9.83. The molecule has 0 atom stereocenters. The van der Waals surface area contributed by atoms with Gasteiger partial charge in [-0.05, 0) is 12.1 Å². The van der Waals surface area contributed by atoms with Crippen molar-refractivity contribution < 1.29 is 14.7 Å². The van der Waals surface area contributed by atoms with Gasteiger partial charge in [-0.2, -0.15) is 20.5 Å². The van der Waals surface area contributed by atoms with E-state index in [9.17, 15) is 9.59 Å². The molecule has 0 saturated carbocycles. The Bertz CT molecular complexity index is 600. The minimum Gasteiger partial charge on any atom is -0.481 e. The highest BCUT2D eigenvalue weighted by molar-refractivity contribution is 7.99. The van der Waals surface area contributed by atoms with Gasteiger partial charge in [-0.3, -0.25) is 9.59 Å². The van der Waals surface area contributed by atoms with E-state index in [2.05, 4.69) is 14.1 Å². The monoisotopic (exact) mass is 297 g/mol. The van der Waals surface area contributed by atoms with Crippen LogP contribution >= 0.6 is 23.5 Å². The van der Waals surface area contributed by atoms with Crippen LogP contribution in [0.15, 0.2) is 18.2 Å². The molecule has 2 N–H and O–H groups in total. The van der Waals surface area contributed by atoms with Crippen molar-refractivity contribution in [3.05, 3.63) is 18.2 Å². The quantitative estimate of drug-likeness (QED) is 0.790. The van der Waals surface area contributed by atoms with Gasteiger partial charge in [0.15, 0.2) is 0 Å². The molecule has 19 heavy (non-hydrogen) atoms. The molecule has 1 aromatic carbocycles. The van der Waals surface area contributed by atoms with E-state index in [1.807, 2.05) is 6.07 Å². The number of benzene rings is 1. The average Bonchev–Trinajstić information content (AvgIpc) is 2.84. The van der Waals surface area contributed by atoms with Gasteiger partial charge in [0.2, 0.25) is 5.91 Å². The van der Waals surface area contributed by atoms with E-state index in [4.69, 9.17) is 5.11 Å². The number of aliphatic carboxylic acids is 1. The number of fused-ring (bicyclic) bond motifs is 1. The first-order chi connectivity index (χ1) is 9.16. The number of aromatic nitrogens is 2. The normalized spacial score (nSPS) is 10.5. The number of carboxylic acid groups (broad SMARTS) is 1. The van der Waals surface area contributed by atoms with Crippen LogP contribution < -0.4 is 5.32 Å². The Hall–Kier alpha value is -1.67. The molecule has 0 unspecified atom stereocenters. The molecule has 0 aliphatic heterocycles. The highest BCUT2D eigenvalue weighted by Gasteiger charge is 2.08. The maximum atomic E-state index is 11.7. The van der Waals surface area contributed by atoms with Gasteiger partial charge >= 0.3 is 5.97 Å². The summed E-state index contributed by atoms with van der Waals surface area (Å²) in [5.41, 5.74) is 2.06.